The van der Waals surface area contributed by atoms with E-state index in [2.05, 4.69) is 41.5 Å². The number of fused-ring (bicyclic) bond motifs is 1. The van der Waals surface area contributed by atoms with E-state index in [0.29, 0.717) is 35.3 Å². The summed E-state index contributed by atoms with van der Waals surface area (Å²) in [5.74, 6) is 1.70. The average Bonchev–Trinajstić information content (AvgIpc) is 2.99. The molecule has 1 aliphatic carbocycles. The summed E-state index contributed by atoms with van der Waals surface area (Å²) in [6, 6.07) is 14.7. The molecule has 2 aliphatic rings. The van der Waals surface area contributed by atoms with Gasteiger partial charge in [0.1, 0.15) is 5.75 Å². The topological polar surface area (TPSA) is 90.9 Å². The molecule has 0 spiro atoms. The predicted molar refractivity (Wildman–Crippen MR) is 179 cm³/mol. The van der Waals surface area contributed by atoms with Crippen molar-refractivity contribution in [3.8, 4) is 5.75 Å². The molecule has 1 saturated carbocycles. The summed E-state index contributed by atoms with van der Waals surface area (Å²) in [4.78, 5) is 31.0. The Labute approximate surface area is 268 Å². The van der Waals surface area contributed by atoms with Crippen molar-refractivity contribution in [2.75, 3.05) is 18.8 Å². The Morgan fingerprint density at radius 3 is 2.45 bits per heavy atom. The minimum atomic E-state index is -0.340. The maximum Gasteiger partial charge on any atom is 0.252 e. The fourth-order valence-corrected chi connectivity index (χ4v) is 7.60. The lowest BCUT2D eigenvalue weighted by molar-refractivity contribution is -0.133. The number of amides is 2. The second kappa shape index (κ2) is 15.6. The Morgan fingerprint density at radius 2 is 1.77 bits per heavy atom. The Kier molecular flexibility index (Phi) is 12.2. The number of piperidine rings is 1. The van der Waals surface area contributed by atoms with E-state index in [9.17, 15) is 14.7 Å². The number of carbonyl (C=O) groups excluding carboxylic acids is 2. The SMILES string of the molecule is CCC(C)O[C@H](CN1C[C@H]2CCCC[C@H]2C[C@H]1C(=O)NC(C)(C)C)[C@H](CSc1ccccc1)NC(=O)c1cccc(O)c1C. The molecule has 242 valence electrons. The molecule has 2 aromatic carbocycles. The van der Waals surface area contributed by atoms with Crippen LogP contribution in [0.2, 0.25) is 0 Å². The first kappa shape index (κ1) is 34.3. The summed E-state index contributed by atoms with van der Waals surface area (Å²) in [5.41, 5.74) is 0.686. The molecule has 2 amide bonds. The van der Waals surface area contributed by atoms with E-state index in [1.807, 2.05) is 39.0 Å². The lowest BCUT2D eigenvalue weighted by atomic mass is 9.72. The molecule has 6 atom stereocenters. The summed E-state index contributed by atoms with van der Waals surface area (Å²) in [7, 11) is 0. The standard InChI is InChI=1S/C36H53N3O4S/c1-7-24(2)43-33(22-39-21-27-15-12-11-14-26(27)20-31(39)35(42)38-36(4,5)6)30(23-44-28-16-9-8-10-17-28)37-34(41)29-18-13-19-32(40)25(29)3/h8-10,13,16-19,24,26-27,30-31,33,40H,7,11-12,14-15,20-23H2,1-6H3,(H,37,41)(H,38,42)/t24?,26-,27+,30-,31-,33+/m0/s1. The van der Waals surface area contributed by atoms with Gasteiger partial charge in [0.2, 0.25) is 5.91 Å². The summed E-state index contributed by atoms with van der Waals surface area (Å²) in [6.45, 7) is 13.5. The van der Waals surface area contributed by atoms with Crippen LogP contribution < -0.4 is 10.6 Å². The Bertz CT molecular complexity index is 1230. The minimum absolute atomic E-state index is 0.0160. The zero-order chi connectivity index (χ0) is 31.9. The molecular formula is C36H53N3O4S. The van der Waals surface area contributed by atoms with Gasteiger partial charge in [-0.2, -0.15) is 0 Å². The van der Waals surface area contributed by atoms with Gasteiger partial charge in [-0.3, -0.25) is 14.5 Å². The van der Waals surface area contributed by atoms with Crippen molar-refractivity contribution in [2.45, 2.75) is 115 Å². The Balaban J connectivity index is 1.65. The molecular weight excluding hydrogens is 570 g/mol. The number of phenols is 1. The number of hydrogen-bond donors (Lipinski definition) is 3. The van der Waals surface area contributed by atoms with Gasteiger partial charge in [-0.15, -0.1) is 11.8 Å². The lowest BCUT2D eigenvalue weighted by Gasteiger charge is -2.47. The Morgan fingerprint density at radius 1 is 1.07 bits per heavy atom. The van der Waals surface area contributed by atoms with Crippen LogP contribution in [0.25, 0.3) is 0 Å². The molecule has 0 bridgehead atoms. The molecule has 44 heavy (non-hydrogen) atoms. The van der Waals surface area contributed by atoms with Crippen LogP contribution in [0.3, 0.4) is 0 Å². The highest BCUT2D eigenvalue weighted by Gasteiger charge is 2.42. The van der Waals surface area contributed by atoms with Crippen molar-refractivity contribution >= 4 is 23.6 Å². The number of thioether (sulfide) groups is 1. The van der Waals surface area contributed by atoms with Gasteiger partial charge in [0.25, 0.3) is 5.91 Å². The van der Waals surface area contributed by atoms with E-state index in [4.69, 9.17) is 4.74 Å². The molecule has 8 heteroatoms. The highest BCUT2D eigenvalue weighted by atomic mass is 32.2. The fraction of sp³-hybridized carbons (Fsp3) is 0.611. The van der Waals surface area contributed by atoms with Crippen LogP contribution in [0.15, 0.2) is 53.4 Å². The van der Waals surface area contributed by atoms with Crippen molar-refractivity contribution in [1.29, 1.82) is 0 Å². The number of hydrogen-bond acceptors (Lipinski definition) is 6. The molecule has 2 aromatic rings. The first-order chi connectivity index (χ1) is 20.9. The zero-order valence-electron chi connectivity index (χ0n) is 27.5. The number of rotatable bonds is 12. The largest absolute Gasteiger partial charge is 0.508 e. The van der Waals surface area contributed by atoms with E-state index >= 15 is 0 Å². The summed E-state index contributed by atoms with van der Waals surface area (Å²) in [5, 5.41) is 16.9. The number of nitrogens with zero attached hydrogens (tertiary/aromatic N) is 1. The number of benzene rings is 2. The fourth-order valence-electron chi connectivity index (χ4n) is 6.58. The number of phenolic OH excluding ortho intramolecular Hbond substituents is 1. The molecule has 1 unspecified atom stereocenters. The molecule has 1 saturated heterocycles. The zero-order valence-corrected chi connectivity index (χ0v) is 28.3. The van der Waals surface area contributed by atoms with Crippen LogP contribution >= 0.6 is 11.8 Å². The van der Waals surface area contributed by atoms with Crippen LogP contribution in [-0.2, 0) is 9.53 Å². The smallest absolute Gasteiger partial charge is 0.252 e. The van der Waals surface area contributed by atoms with E-state index in [0.717, 1.165) is 24.3 Å². The van der Waals surface area contributed by atoms with E-state index < -0.39 is 0 Å². The van der Waals surface area contributed by atoms with Crippen molar-refractivity contribution < 1.29 is 19.4 Å². The predicted octanol–water partition coefficient (Wildman–Crippen LogP) is 6.57. The third kappa shape index (κ3) is 9.48. The van der Waals surface area contributed by atoms with Crippen LogP contribution in [0.5, 0.6) is 5.75 Å². The first-order valence-electron chi connectivity index (χ1n) is 16.4. The van der Waals surface area contributed by atoms with Gasteiger partial charge in [0.05, 0.1) is 24.3 Å². The van der Waals surface area contributed by atoms with E-state index in [1.165, 1.54) is 25.7 Å². The number of ether oxygens (including phenoxy) is 1. The van der Waals surface area contributed by atoms with Crippen LogP contribution in [0, 0.1) is 18.8 Å². The summed E-state index contributed by atoms with van der Waals surface area (Å²) in [6.07, 6.45) is 6.23. The Hall–Kier alpha value is -2.55. The quantitative estimate of drug-likeness (QED) is 0.232. The summed E-state index contributed by atoms with van der Waals surface area (Å²) < 4.78 is 6.76. The van der Waals surface area contributed by atoms with Gasteiger partial charge in [-0.05, 0) is 90.0 Å². The van der Waals surface area contributed by atoms with Crippen molar-refractivity contribution in [3.05, 3.63) is 59.7 Å². The summed E-state index contributed by atoms with van der Waals surface area (Å²) >= 11 is 1.69. The molecule has 0 aromatic heterocycles. The molecule has 1 heterocycles. The van der Waals surface area contributed by atoms with Crippen molar-refractivity contribution in [2.24, 2.45) is 11.8 Å². The molecule has 4 rings (SSSR count). The van der Waals surface area contributed by atoms with Crippen molar-refractivity contribution in [1.82, 2.24) is 15.5 Å². The third-order valence-corrected chi connectivity index (χ3v) is 10.3. The van der Waals surface area contributed by atoms with Crippen LogP contribution in [-0.4, -0.2) is 70.5 Å². The highest BCUT2D eigenvalue weighted by Crippen LogP contribution is 2.39. The lowest BCUT2D eigenvalue weighted by Crippen LogP contribution is -2.61. The number of carbonyl (C=O) groups is 2. The molecule has 2 fully saturated rings. The third-order valence-electron chi connectivity index (χ3n) is 9.19. The first-order valence-corrected chi connectivity index (χ1v) is 17.4. The monoisotopic (exact) mass is 623 g/mol. The second-order valence-corrected chi connectivity index (χ2v) is 14.9. The van der Waals surface area contributed by atoms with Crippen LogP contribution in [0.1, 0.15) is 89.1 Å². The van der Waals surface area contributed by atoms with E-state index in [-0.39, 0.29) is 47.4 Å². The van der Waals surface area contributed by atoms with Crippen LogP contribution in [0.4, 0.5) is 0 Å². The van der Waals surface area contributed by atoms with Gasteiger partial charge < -0.3 is 20.5 Å². The molecule has 1 aliphatic heterocycles. The number of aromatic hydroxyl groups is 1. The normalized spacial score (nSPS) is 22.8. The molecule has 0 radical (unpaired) electrons. The highest BCUT2D eigenvalue weighted by molar-refractivity contribution is 7.99. The maximum absolute atomic E-state index is 13.8. The number of likely N-dealkylation sites (tertiary alicyclic amines) is 1. The maximum atomic E-state index is 13.8. The van der Waals surface area contributed by atoms with Gasteiger partial charge in [0, 0.05) is 40.4 Å². The van der Waals surface area contributed by atoms with Gasteiger partial charge in [-0.1, -0.05) is 50.5 Å². The van der Waals surface area contributed by atoms with Gasteiger partial charge in [0.15, 0.2) is 0 Å². The minimum Gasteiger partial charge on any atom is -0.508 e. The van der Waals surface area contributed by atoms with E-state index in [1.54, 1.807) is 36.9 Å². The number of nitrogens with one attached hydrogen (secondary N) is 2. The van der Waals surface area contributed by atoms with Gasteiger partial charge >= 0.3 is 0 Å². The van der Waals surface area contributed by atoms with Gasteiger partial charge in [-0.25, -0.2) is 0 Å². The molecule has 7 nitrogen and oxygen atoms in total. The second-order valence-electron chi connectivity index (χ2n) is 13.8. The average molecular weight is 624 g/mol. The molecule has 3 N–H and O–H groups in total. The van der Waals surface area contributed by atoms with Crippen molar-refractivity contribution in [3.63, 3.8) is 0 Å².